The number of methoxy groups -OCH3 is 1. The molecule has 0 amide bonds. The minimum Gasteiger partial charge on any atom is -0.481 e. The zero-order valence-electron chi connectivity index (χ0n) is 15.8. The van der Waals surface area contributed by atoms with Crippen LogP contribution in [-0.2, 0) is 11.3 Å². The molecule has 0 atom stereocenters. The second-order valence-corrected chi connectivity index (χ2v) is 6.19. The van der Waals surface area contributed by atoms with Crippen molar-refractivity contribution in [3.63, 3.8) is 0 Å². The molecule has 0 saturated heterocycles. The maximum absolute atomic E-state index is 10.7. The summed E-state index contributed by atoms with van der Waals surface area (Å²) in [6, 6.07) is 17.8. The van der Waals surface area contributed by atoms with Crippen molar-refractivity contribution in [2.24, 2.45) is 0 Å². The van der Waals surface area contributed by atoms with Crippen LogP contribution in [0.2, 0.25) is 0 Å². The molecule has 7 heteroatoms. The summed E-state index contributed by atoms with van der Waals surface area (Å²) < 4.78 is 5.25. The molecular weight excluding hydrogens is 356 g/mol. The summed E-state index contributed by atoms with van der Waals surface area (Å²) in [6.07, 6.45) is 0. The Morgan fingerprint density at radius 1 is 1.11 bits per heavy atom. The van der Waals surface area contributed by atoms with Crippen molar-refractivity contribution in [1.29, 1.82) is 0 Å². The fraction of sp³-hybridized carbons (Fsp3) is 0.190. The topological polar surface area (TPSA) is 96.4 Å². The lowest BCUT2D eigenvalue weighted by molar-refractivity contribution is -0.136. The summed E-state index contributed by atoms with van der Waals surface area (Å²) in [5.41, 5.74) is 4.85. The number of carboxylic acids is 1. The Hall–Kier alpha value is -3.45. The Kier molecular flexibility index (Phi) is 6.18. The van der Waals surface area contributed by atoms with E-state index in [0.29, 0.717) is 24.1 Å². The molecule has 0 bridgehead atoms. The van der Waals surface area contributed by atoms with Crippen molar-refractivity contribution in [3.8, 4) is 17.0 Å². The van der Waals surface area contributed by atoms with Crippen LogP contribution in [-0.4, -0.2) is 34.7 Å². The summed E-state index contributed by atoms with van der Waals surface area (Å²) in [5.74, 6) is -0.131. The number of nitrogens with one attached hydrogen (secondary N) is 2. The van der Waals surface area contributed by atoms with Crippen LogP contribution in [0.1, 0.15) is 11.3 Å². The molecular formula is C21H22N4O3. The number of carbonyl (C=O) groups is 1. The number of hydrogen-bond donors (Lipinski definition) is 3. The lowest BCUT2D eigenvalue weighted by atomic mass is 9.99. The van der Waals surface area contributed by atoms with Gasteiger partial charge in [-0.2, -0.15) is 4.98 Å². The van der Waals surface area contributed by atoms with E-state index in [2.05, 4.69) is 38.8 Å². The second kappa shape index (κ2) is 8.96. The van der Waals surface area contributed by atoms with Gasteiger partial charge in [0, 0.05) is 18.3 Å². The van der Waals surface area contributed by atoms with E-state index in [1.807, 2.05) is 37.3 Å². The zero-order valence-corrected chi connectivity index (χ0v) is 15.8. The van der Waals surface area contributed by atoms with Gasteiger partial charge in [-0.25, -0.2) is 4.98 Å². The first kappa shape index (κ1) is 19.3. The van der Waals surface area contributed by atoms with E-state index < -0.39 is 5.97 Å². The van der Waals surface area contributed by atoms with Gasteiger partial charge in [0.25, 0.3) is 0 Å². The Morgan fingerprint density at radius 2 is 1.89 bits per heavy atom. The minimum absolute atomic E-state index is 0.146. The predicted octanol–water partition coefficient (Wildman–Crippen LogP) is 3.38. The average Bonchev–Trinajstić information content (AvgIpc) is 2.70. The first-order valence-electron chi connectivity index (χ1n) is 8.83. The van der Waals surface area contributed by atoms with Crippen molar-refractivity contribution >= 4 is 17.6 Å². The molecule has 3 N–H and O–H groups in total. The number of carboxylic acid groups (broad SMARTS) is 1. The molecule has 0 aliphatic rings. The molecule has 0 saturated carbocycles. The fourth-order valence-corrected chi connectivity index (χ4v) is 2.84. The van der Waals surface area contributed by atoms with Crippen LogP contribution in [0.15, 0.2) is 54.6 Å². The van der Waals surface area contributed by atoms with E-state index in [0.717, 1.165) is 22.4 Å². The minimum atomic E-state index is -0.923. The molecule has 3 rings (SSSR count). The molecule has 0 unspecified atom stereocenters. The molecule has 7 nitrogen and oxygen atoms in total. The number of rotatable bonds is 8. The van der Waals surface area contributed by atoms with Crippen LogP contribution < -0.4 is 15.4 Å². The van der Waals surface area contributed by atoms with Crippen LogP contribution >= 0.6 is 0 Å². The first-order chi connectivity index (χ1) is 13.6. The standard InChI is InChI=1S/C21H22N4O3/c1-14-17(15-7-4-3-5-8-15)9-6-10-18(14)24-21-23-16(11-19(25-21)28-2)12-22-13-20(26)27/h3-11,22H,12-13H2,1-2H3,(H,26,27)(H,23,24,25). The van der Waals surface area contributed by atoms with E-state index in [1.54, 1.807) is 6.07 Å². The van der Waals surface area contributed by atoms with E-state index in [9.17, 15) is 4.79 Å². The summed E-state index contributed by atoms with van der Waals surface area (Å²) in [5, 5.41) is 14.8. The molecule has 0 fully saturated rings. The molecule has 2 aromatic carbocycles. The highest BCUT2D eigenvalue weighted by molar-refractivity contribution is 5.75. The van der Waals surface area contributed by atoms with Crippen molar-refractivity contribution < 1.29 is 14.6 Å². The molecule has 0 aliphatic carbocycles. The lowest BCUT2D eigenvalue weighted by Gasteiger charge is -2.14. The van der Waals surface area contributed by atoms with Gasteiger partial charge in [-0.3, -0.25) is 4.79 Å². The summed E-state index contributed by atoms with van der Waals surface area (Å²) in [4.78, 5) is 19.5. The Balaban J connectivity index is 1.86. The highest BCUT2D eigenvalue weighted by atomic mass is 16.5. The quantitative estimate of drug-likeness (QED) is 0.553. The first-order valence-corrected chi connectivity index (χ1v) is 8.83. The molecule has 28 heavy (non-hydrogen) atoms. The van der Waals surface area contributed by atoms with Crippen molar-refractivity contribution in [3.05, 3.63) is 65.9 Å². The third kappa shape index (κ3) is 4.83. The van der Waals surface area contributed by atoms with Gasteiger partial charge in [-0.05, 0) is 29.7 Å². The molecule has 1 aromatic heterocycles. The highest BCUT2D eigenvalue weighted by Gasteiger charge is 2.10. The summed E-state index contributed by atoms with van der Waals surface area (Å²) in [7, 11) is 1.53. The van der Waals surface area contributed by atoms with Crippen LogP contribution in [0.4, 0.5) is 11.6 Å². The predicted molar refractivity (Wildman–Crippen MR) is 108 cm³/mol. The monoisotopic (exact) mass is 378 g/mol. The Labute approximate surface area is 163 Å². The molecule has 0 radical (unpaired) electrons. The van der Waals surface area contributed by atoms with E-state index >= 15 is 0 Å². The highest BCUT2D eigenvalue weighted by Crippen LogP contribution is 2.29. The Bertz CT molecular complexity index is 961. The Morgan fingerprint density at radius 3 is 2.61 bits per heavy atom. The average molecular weight is 378 g/mol. The maximum Gasteiger partial charge on any atom is 0.317 e. The number of benzene rings is 2. The molecule has 1 heterocycles. The normalized spacial score (nSPS) is 10.5. The number of hydrogen-bond acceptors (Lipinski definition) is 6. The van der Waals surface area contributed by atoms with Crippen LogP contribution in [0.25, 0.3) is 11.1 Å². The number of aliphatic carboxylic acids is 1. The largest absolute Gasteiger partial charge is 0.481 e. The van der Waals surface area contributed by atoms with Crippen molar-refractivity contribution in [1.82, 2.24) is 15.3 Å². The summed E-state index contributed by atoms with van der Waals surface area (Å²) in [6.45, 7) is 2.19. The number of ether oxygens (including phenoxy) is 1. The van der Waals surface area contributed by atoms with Crippen LogP contribution in [0.3, 0.4) is 0 Å². The van der Waals surface area contributed by atoms with Gasteiger partial charge in [0.1, 0.15) is 0 Å². The fourth-order valence-electron chi connectivity index (χ4n) is 2.84. The molecule has 144 valence electrons. The van der Waals surface area contributed by atoms with E-state index in [4.69, 9.17) is 9.84 Å². The van der Waals surface area contributed by atoms with E-state index in [-0.39, 0.29) is 6.54 Å². The summed E-state index contributed by atoms with van der Waals surface area (Å²) >= 11 is 0. The second-order valence-electron chi connectivity index (χ2n) is 6.19. The third-order valence-electron chi connectivity index (χ3n) is 4.21. The van der Waals surface area contributed by atoms with Gasteiger partial charge < -0.3 is 20.5 Å². The maximum atomic E-state index is 10.7. The smallest absolute Gasteiger partial charge is 0.317 e. The van der Waals surface area contributed by atoms with Gasteiger partial charge in [0.15, 0.2) is 0 Å². The molecule has 0 aliphatic heterocycles. The number of aromatic nitrogens is 2. The van der Waals surface area contributed by atoms with Crippen molar-refractivity contribution in [2.45, 2.75) is 13.5 Å². The van der Waals surface area contributed by atoms with Crippen LogP contribution in [0, 0.1) is 6.92 Å². The van der Waals surface area contributed by atoms with Crippen molar-refractivity contribution in [2.75, 3.05) is 19.0 Å². The number of nitrogens with zero attached hydrogens (tertiary/aromatic N) is 2. The third-order valence-corrected chi connectivity index (χ3v) is 4.21. The van der Waals surface area contributed by atoms with Gasteiger partial charge in [-0.1, -0.05) is 42.5 Å². The van der Waals surface area contributed by atoms with Gasteiger partial charge in [0.05, 0.1) is 19.3 Å². The molecule has 0 spiro atoms. The number of anilines is 2. The van der Waals surface area contributed by atoms with E-state index in [1.165, 1.54) is 7.11 Å². The molecule has 3 aromatic rings. The van der Waals surface area contributed by atoms with Gasteiger partial charge >= 0.3 is 5.97 Å². The zero-order chi connectivity index (χ0) is 19.9. The van der Waals surface area contributed by atoms with Gasteiger partial charge in [0.2, 0.25) is 11.8 Å². The van der Waals surface area contributed by atoms with Crippen LogP contribution in [0.5, 0.6) is 5.88 Å². The lowest BCUT2D eigenvalue weighted by Crippen LogP contribution is -2.22. The van der Waals surface area contributed by atoms with Gasteiger partial charge in [-0.15, -0.1) is 0 Å². The SMILES string of the molecule is COc1cc(CNCC(=O)O)nc(Nc2cccc(-c3ccccc3)c2C)n1.